The number of aromatic nitrogens is 1. The summed E-state index contributed by atoms with van der Waals surface area (Å²) in [6.45, 7) is 13.7. The first-order valence-corrected chi connectivity index (χ1v) is 7.59. The van der Waals surface area contributed by atoms with Crippen LogP contribution in [0.3, 0.4) is 0 Å². The average Bonchev–Trinajstić information content (AvgIpc) is 2.36. The number of anilines is 1. The molecule has 1 heterocycles. The average molecular weight is 298 g/mol. The fraction of sp³-hybridized carbons (Fsp3) is 0.688. The van der Waals surface area contributed by atoms with E-state index in [1.54, 1.807) is 0 Å². The van der Waals surface area contributed by atoms with E-state index in [1.165, 1.54) is 0 Å². The van der Waals surface area contributed by atoms with Gasteiger partial charge < -0.3 is 10.2 Å². The molecule has 0 aromatic carbocycles. The van der Waals surface area contributed by atoms with E-state index in [1.807, 2.05) is 12.1 Å². The van der Waals surface area contributed by atoms with Crippen LogP contribution in [-0.4, -0.2) is 23.1 Å². The Kier molecular flexibility index (Phi) is 5.45. The van der Waals surface area contributed by atoms with E-state index in [4.69, 9.17) is 16.6 Å². The molecule has 114 valence electrons. The Balaban J connectivity index is 2.97. The third-order valence-corrected chi connectivity index (χ3v) is 4.15. The highest BCUT2D eigenvalue weighted by Gasteiger charge is 2.23. The van der Waals surface area contributed by atoms with Crippen LogP contribution in [0.2, 0.25) is 5.02 Å². The van der Waals surface area contributed by atoms with Crippen LogP contribution in [0.15, 0.2) is 12.1 Å². The maximum absolute atomic E-state index is 6.26. The number of nitrogens with one attached hydrogen (secondary N) is 1. The van der Waals surface area contributed by atoms with Crippen LogP contribution in [0.5, 0.6) is 0 Å². The van der Waals surface area contributed by atoms with E-state index in [0.29, 0.717) is 11.6 Å². The lowest BCUT2D eigenvalue weighted by Crippen LogP contribution is -2.41. The largest absolute Gasteiger partial charge is 0.355 e. The lowest BCUT2D eigenvalue weighted by molar-refractivity contribution is 0.420. The molecule has 0 atom stereocenters. The lowest BCUT2D eigenvalue weighted by Gasteiger charge is -2.36. The van der Waals surface area contributed by atoms with Gasteiger partial charge in [-0.2, -0.15) is 0 Å². The molecule has 4 heteroatoms. The molecule has 1 aromatic heterocycles. The molecular formula is C16H28ClN3. The van der Waals surface area contributed by atoms with E-state index >= 15 is 0 Å². The minimum absolute atomic E-state index is 0.0512. The van der Waals surface area contributed by atoms with Gasteiger partial charge in [0.1, 0.15) is 5.82 Å². The highest BCUT2D eigenvalue weighted by atomic mass is 35.5. The molecule has 0 aliphatic rings. The molecule has 20 heavy (non-hydrogen) atoms. The van der Waals surface area contributed by atoms with Crippen LogP contribution in [0.25, 0.3) is 0 Å². The van der Waals surface area contributed by atoms with Gasteiger partial charge in [-0.15, -0.1) is 0 Å². The van der Waals surface area contributed by atoms with Crippen molar-refractivity contribution in [2.24, 2.45) is 0 Å². The monoisotopic (exact) mass is 297 g/mol. The Morgan fingerprint density at radius 1 is 1.20 bits per heavy atom. The van der Waals surface area contributed by atoms with Crippen LogP contribution in [0.1, 0.15) is 53.7 Å². The molecule has 0 spiro atoms. The van der Waals surface area contributed by atoms with Gasteiger partial charge in [-0.25, -0.2) is 4.98 Å². The van der Waals surface area contributed by atoms with Gasteiger partial charge in [0.2, 0.25) is 0 Å². The molecule has 0 saturated carbocycles. The van der Waals surface area contributed by atoms with Crippen molar-refractivity contribution >= 4 is 17.4 Å². The van der Waals surface area contributed by atoms with Crippen molar-refractivity contribution in [1.29, 1.82) is 0 Å². The van der Waals surface area contributed by atoms with Gasteiger partial charge in [0, 0.05) is 24.7 Å². The standard InChI is InChI=1S/C16H28ClN3/c1-8-16(5,6)20(7)14-10-9-12(17)13(19-14)11-18-15(2,3)4/h9-10,18H,8,11H2,1-7H3. The van der Waals surface area contributed by atoms with Crippen LogP contribution in [-0.2, 0) is 6.54 Å². The smallest absolute Gasteiger partial charge is 0.129 e. The molecule has 3 nitrogen and oxygen atoms in total. The number of halogens is 1. The van der Waals surface area contributed by atoms with Gasteiger partial charge >= 0.3 is 0 Å². The van der Waals surface area contributed by atoms with Crippen molar-refractivity contribution in [2.45, 2.75) is 65.6 Å². The fourth-order valence-corrected chi connectivity index (χ4v) is 1.85. The van der Waals surface area contributed by atoms with Gasteiger partial charge in [-0.3, -0.25) is 0 Å². The Bertz CT molecular complexity index is 450. The molecule has 1 rings (SSSR count). The second-order valence-corrected chi connectivity index (χ2v) is 7.33. The van der Waals surface area contributed by atoms with Crippen molar-refractivity contribution in [2.75, 3.05) is 11.9 Å². The van der Waals surface area contributed by atoms with Gasteiger partial charge in [0.25, 0.3) is 0 Å². The number of hydrogen-bond donors (Lipinski definition) is 1. The molecule has 1 aromatic rings. The highest BCUT2D eigenvalue weighted by Crippen LogP contribution is 2.25. The first kappa shape index (κ1) is 17.3. The zero-order valence-corrected chi connectivity index (χ0v) is 14.6. The van der Waals surface area contributed by atoms with Crippen LogP contribution < -0.4 is 10.2 Å². The van der Waals surface area contributed by atoms with Gasteiger partial charge in [-0.1, -0.05) is 18.5 Å². The van der Waals surface area contributed by atoms with Gasteiger partial charge in [0.15, 0.2) is 0 Å². The normalized spacial score (nSPS) is 12.6. The Labute approximate surface area is 128 Å². The second kappa shape index (κ2) is 6.31. The number of nitrogens with zero attached hydrogens (tertiary/aromatic N) is 2. The van der Waals surface area contributed by atoms with Gasteiger partial charge in [0.05, 0.1) is 10.7 Å². The SMILES string of the molecule is CCC(C)(C)N(C)c1ccc(Cl)c(CNC(C)(C)C)n1. The van der Waals surface area contributed by atoms with Crippen molar-refractivity contribution in [1.82, 2.24) is 10.3 Å². The summed E-state index contributed by atoms with van der Waals surface area (Å²) < 4.78 is 0. The summed E-state index contributed by atoms with van der Waals surface area (Å²) in [7, 11) is 2.08. The first-order valence-electron chi connectivity index (χ1n) is 7.21. The number of pyridine rings is 1. The zero-order valence-electron chi connectivity index (χ0n) is 13.8. The zero-order chi connectivity index (χ0) is 15.6. The summed E-state index contributed by atoms with van der Waals surface area (Å²) in [4.78, 5) is 6.93. The second-order valence-electron chi connectivity index (χ2n) is 6.93. The summed E-state index contributed by atoms with van der Waals surface area (Å²) in [5, 5.41) is 4.15. The summed E-state index contributed by atoms with van der Waals surface area (Å²) in [5.74, 6) is 0.965. The summed E-state index contributed by atoms with van der Waals surface area (Å²) >= 11 is 6.26. The quantitative estimate of drug-likeness (QED) is 0.881. The first-order chi connectivity index (χ1) is 9.07. The van der Waals surface area contributed by atoms with E-state index in [0.717, 1.165) is 17.9 Å². The predicted octanol–water partition coefficient (Wildman–Crippen LogP) is 4.25. The topological polar surface area (TPSA) is 28.2 Å². The van der Waals surface area contributed by atoms with E-state index in [2.05, 4.69) is 58.8 Å². The number of hydrogen-bond acceptors (Lipinski definition) is 3. The molecule has 0 aliphatic heterocycles. The van der Waals surface area contributed by atoms with Crippen LogP contribution in [0, 0.1) is 0 Å². The molecule has 0 radical (unpaired) electrons. The maximum atomic E-state index is 6.26. The van der Waals surface area contributed by atoms with Crippen molar-refractivity contribution in [3.8, 4) is 0 Å². The molecule has 0 aliphatic carbocycles. The lowest BCUT2D eigenvalue weighted by atomic mass is 10.00. The van der Waals surface area contributed by atoms with Crippen LogP contribution in [0.4, 0.5) is 5.82 Å². The fourth-order valence-electron chi connectivity index (χ4n) is 1.68. The summed E-state index contributed by atoms with van der Waals surface area (Å²) in [6.07, 6.45) is 1.06. The third kappa shape index (κ3) is 4.64. The molecule has 0 bridgehead atoms. The van der Waals surface area contributed by atoms with Crippen molar-refractivity contribution < 1.29 is 0 Å². The highest BCUT2D eigenvalue weighted by molar-refractivity contribution is 6.31. The minimum Gasteiger partial charge on any atom is -0.355 e. The molecule has 0 fully saturated rings. The molecular weight excluding hydrogens is 270 g/mol. The van der Waals surface area contributed by atoms with E-state index in [9.17, 15) is 0 Å². The Morgan fingerprint density at radius 3 is 2.30 bits per heavy atom. The molecule has 0 amide bonds. The summed E-state index contributed by atoms with van der Waals surface area (Å²) in [6, 6.07) is 3.92. The summed E-state index contributed by atoms with van der Waals surface area (Å²) in [5.41, 5.74) is 1.03. The third-order valence-electron chi connectivity index (χ3n) is 3.81. The predicted molar refractivity (Wildman–Crippen MR) is 88.6 cm³/mol. The Hall–Kier alpha value is -0.800. The molecule has 0 unspecified atom stereocenters. The van der Waals surface area contributed by atoms with Crippen LogP contribution >= 0.6 is 11.6 Å². The van der Waals surface area contributed by atoms with E-state index in [-0.39, 0.29) is 11.1 Å². The maximum Gasteiger partial charge on any atom is 0.129 e. The van der Waals surface area contributed by atoms with E-state index < -0.39 is 0 Å². The minimum atomic E-state index is 0.0512. The van der Waals surface area contributed by atoms with Crippen molar-refractivity contribution in [3.63, 3.8) is 0 Å². The van der Waals surface area contributed by atoms with Gasteiger partial charge in [-0.05, 0) is 53.2 Å². The molecule has 1 N–H and O–H groups in total. The molecule has 0 saturated heterocycles. The Morgan fingerprint density at radius 2 is 1.80 bits per heavy atom. The number of rotatable bonds is 5. The van der Waals surface area contributed by atoms with Crippen molar-refractivity contribution in [3.05, 3.63) is 22.8 Å².